The molecule has 1 aliphatic carbocycles. The van der Waals surface area contributed by atoms with Crippen LogP contribution in [0.3, 0.4) is 0 Å². The van der Waals surface area contributed by atoms with Crippen molar-refractivity contribution in [3.63, 3.8) is 0 Å². The largest absolute Gasteiger partial charge is 0.468 e. The van der Waals surface area contributed by atoms with Crippen molar-refractivity contribution in [2.75, 3.05) is 7.11 Å². The Kier molecular flexibility index (Phi) is 3.86. The fraction of sp³-hybridized carbons (Fsp3) is 0.688. The second kappa shape index (κ2) is 5.12. The van der Waals surface area contributed by atoms with E-state index in [0.717, 1.165) is 6.42 Å². The molecule has 3 nitrogen and oxygen atoms in total. The number of fused-ring (bicyclic) bond motifs is 1. The number of hydrogen-bond acceptors (Lipinski definition) is 3. The molecule has 0 aromatic rings. The second-order valence-electron chi connectivity index (χ2n) is 6.61. The van der Waals surface area contributed by atoms with Gasteiger partial charge in [-0.2, -0.15) is 0 Å². The van der Waals surface area contributed by atoms with Crippen molar-refractivity contribution in [3.8, 4) is 0 Å². The second-order valence-corrected chi connectivity index (χ2v) is 6.61. The summed E-state index contributed by atoms with van der Waals surface area (Å²) in [6.07, 6.45) is 7.62. The van der Waals surface area contributed by atoms with E-state index in [0.29, 0.717) is 17.9 Å². The third kappa shape index (κ3) is 2.48. The van der Waals surface area contributed by atoms with Crippen LogP contribution in [0.1, 0.15) is 34.1 Å². The first-order chi connectivity index (χ1) is 8.87. The molecule has 3 heteroatoms. The van der Waals surface area contributed by atoms with Crippen molar-refractivity contribution in [1.82, 2.24) is 5.32 Å². The van der Waals surface area contributed by atoms with Gasteiger partial charge in [-0.15, -0.1) is 0 Å². The smallest absolute Gasteiger partial charge is 0.323 e. The van der Waals surface area contributed by atoms with Crippen molar-refractivity contribution in [2.45, 2.75) is 46.2 Å². The summed E-state index contributed by atoms with van der Waals surface area (Å²) in [6, 6.07) is 0.0609. The van der Waals surface area contributed by atoms with Gasteiger partial charge in [0.25, 0.3) is 0 Å². The Morgan fingerprint density at radius 3 is 2.74 bits per heavy atom. The van der Waals surface area contributed by atoms with Gasteiger partial charge in [0.2, 0.25) is 0 Å². The van der Waals surface area contributed by atoms with Crippen LogP contribution in [0.4, 0.5) is 0 Å². The van der Waals surface area contributed by atoms with Crippen LogP contribution in [0.2, 0.25) is 0 Å². The molecule has 1 aliphatic heterocycles. The summed E-state index contributed by atoms with van der Waals surface area (Å²) in [5.74, 6) is 0.857. The summed E-state index contributed by atoms with van der Waals surface area (Å²) < 4.78 is 4.98. The van der Waals surface area contributed by atoms with Gasteiger partial charge in [-0.1, -0.05) is 51.5 Å². The highest BCUT2D eigenvalue weighted by Crippen LogP contribution is 2.45. The van der Waals surface area contributed by atoms with E-state index in [2.05, 4.69) is 51.2 Å². The molecule has 0 bridgehead atoms. The third-order valence-electron chi connectivity index (χ3n) is 4.40. The number of nitrogens with one attached hydrogen (secondary N) is 1. The van der Waals surface area contributed by atoms with E-state index in [4.69, 9.17) is 4.74 Å². The highest BCUT2D eigenvalue weighted by atomic mass is 16.5. The Labute approximate surface area is 116 Å². The number of piperidine rings is 1. The molecule has 0 unspecified atom stereocenters. The van der Waals surface area contributed by atoms with Crippen molar-refractivity contribution in [2.24, 2.45) is 17.3 Å². The Morgan fingerprint density at radius 2 is 2.16 bits per heavy atom. The zero-order valence-corrected chi connectivity index (χ0v) is 12.6. The molecule has 106 valence electrons. The lowest BCUT2D eigenvalue weighted by atomic mass is 9.66. The molecule has 1 saturated heterocycles. The first kappa shape index (κ1) is 14.3. The number of allylic oxidation sites excluding steroid dienone is 2. The van der Waals surface area contributed by atoms with Gasteiger partial charge in [-0.25, -0.2) is 0 Å². The zero-order valence-electron chi connectivity index (χ0n) is 12.6. The molecule has 2 aliphatic rings. The van der Waals surface area contributed by atoms with Crippen LogP contribution >= 0.6 is 0 Å². The maximum absolute atomic E-state index is 12.1. The third-order valence-corrected chi connectivity index (χ3v) is 4.40. The Morgan fingerprint density at radius 1 is 1.47 bits per heavy atom. The molecule has 3 atom stereocenters. The van der Waals surface area contributed by atoms with Crippen LogP contribution in [-0.2, 0) is 9.53 Å². The monoisotopic (exact) mass is 263 g/mol. The minimum Gasteiger partial charge on any atom is -0.468 e. The van der Waals surface area contributed by atoms with Gasteiger partial charge < -0.3 is 4.74 Å². The summed E-state index contributed by atoms with van der Waals surface area (Å²) >= 11 is 0. The number of carbonyl (C=O) groups excluding carboxylic acids is 1. The van der Waals surface area contributed by atoms with E-state index in [1.165, 1.54) is 12.7 Å². The molecular formula is C16H25NO2. The van der Waals surface area contributed by atoms with Crippen LogP contribution in [0, 0.1) is 17.3 Å². The molecule has 1 N–H and O–H groups in total. The number of carbonyl (C=O) groups is 1. The summed E-state index contributed by atoms with van der Waals surface area (Å²) in [5.41, 5.74) is 1.15. The molecule has 0 amide bonds. The quantitative estimate of drug-likeness (QED) is 0.796. The summed E-state index contributed by atoms with van der Waals surface area (Å²) in [4.78, 5) is 12.1. The number of ether oxygens (including phenoxy) is 1. The van der Waals surface area contributed by atoms with Crippen LogP contribution in [0.5, 0.6) is 0 Å². The molecule has 1 fully saturated rings. The van der Waals surface area contributed by atoms with E-state index in [1.54, 1.807) is 0 Å². The molecule has 0 aromatic carbocycles. The van der Waals surface area contributed by atoms with Crippen molar-refractivity contribution in [3.05, 3.63) is 23.8 Å². The summed E-state index contributed by atoms with van der Waals surface area (Å²) in [7, 11) is 1.46. The lowest BCUT2D eigenvalue weighted by molar-refractivity contribution is -0.147. The van der Waals surface area contributed by atoms with Crippen LogP contribution in [-0.4, -0.2) is 25.2 Å². The van der Waals surface area contributed by atoms with Crippen LogP contribution in [0.25, 0.3) is 0 Å². The average Bonchev–Trinajstić information content (AvgIpc) is 2.81. The lowest BCUT2D eigenvalue weighted by Gasteiger charge is -2.47. The van der Waals surface area contributed by atoms with Gasteiger partial charge in [-0.3, -0.25) is 10.1 Å². The Bertz CT molecular complexity index is 420. The van der Waals surface area contributed by atoms with Gasteiger partial charge in [0.1, 0.15) is 6.04 Å². The van der Waals surface area contributed by atoms with E-state index >= 15 is 0 Å². The Hall–Kier alpha value is -1.09. The molecule has 0 spiro atoms. The summed E-state index contributed by atoms with van der Waals surface area (Å²) in [5, 5.41) is 3.53. The molecule has 0 aromatic heterocycles. The molecule has 2 rings (SSSR count). The minimum absolute atomic E-state index is 0.162. The maximum Gasteiger partial charge on any atom is 0.323 e. The number of methoxy groups -OCH3 is 1. The first-order valence-electron chi connectivity index (χ1n) is 7.10. The fourth-order valence-electron chi connectivity index (χ4n) is 3.38. The lowest BCUT2D eigenvalue weighted by Crippen LogP contribution is -2.60. The average molecular weight is 263 g/mol. The number of esters is 1. The molecule has 19 heavy (non-hydrogen) atoms. The number of rotatable bonds is 3. The van der Waals surface area contributed by atoms with E-state index in [-0.39, 0.29) is 17.4 Å². The number of hydrogen-bond donors (Lipinski definition) is 1. The SMILES string of the molecule is COC(=O)[C@@H]1N[C@H](CC(C)C)[C@H]2C=CC=C2C1(C)C. The van der Waals surface area contributed by atoms with Crippen molar-refractivity contribution >= 4 is 5.97 Å². The highest BCUT2D eigenvalue weighted by molar-refractivity contribution is 5.78. The molecular weight excluding hydrogens is 238 g/mol. The van der Waals surface area contributed by atoms with Gasteiger partial charge >= 0.3 is 5.97 Å². The van der Waals surface area contributed by atoms with Gasteiger partial charge in [0, 0.05) is 17.4 Å². The topological polar surface area (TPSA) is 38.3 Å². The van der Waals surface area contributed by atoms with E-state index in [9.17, 15) is 4.79 Å². The summed E-state index contributed by atoms with van der Waals surface area (Å²) in [6.45, 7) is 8.69. The maximum atomic E-state index is 12.1. The van der Waals surface area contributed by atoms with Crippen LogP contribution < -0.4 is 5.32 Å². The van der Waals surface area contributed by atoms with Crippen LogP contribution in [0.15, 0.2) is 23.8 Å². The normalized spacial score (nSPS) is 32.1. The molecule has 0 saturated carbocycles. The van der Waals surface area contributed by atoms with Gasteiger partial charge in [0.05, 0.1) is 7.11 Å². The van der Waals surface area contributed by atoms with Gasteiger partial charge in [-0.05, 0) is 12.3 Å². The van der Waals surface area contributed by atoms with Crippen molar-refractivity contribution < 1.29 is 9.53 Å². The van der Waals surface area contributed by atoms with Crippen molar-refractivity contribution in [1.29, 1.82) is 0 Å². The minimum atomic E-state index is -0.261. The first-order valence-corrected chi connectivity index (χ1v) is 7.10. The van der Waals surface area contributed by atoms with E-state index in [1.807, 2.05) is 0 Å². The van der Waals surface area contributed by atoms with E-state index < -0.39 is 0 Å². The highest BCUT2D eigenvalue weighted by Gasteiger charge is 2.48. The fourth-order valence-corrected chi connectivity index (χ4v) is 3.38. The predicted octanol–water partition coefficient (Wildman–Crippen LogP) is 2.68. The molecule has 1 heterocycles. The predicted molar refractivity (Wildman–Crippen MR) is 76.7 cm³/mol. The molecule has 0 radical (unpaired) electrons. The standard InChI is InChI=1S/C16H25NO2/c1-10(2)9-13-11-7-6-8-12(11)16(3,4)14(17-13)15(18)19-5/h6-8,10-11,13-14,17H,9H2,1-5H3/t11-,13+,14-/m0/s1. The Balaban J connectivity index is 2.30. The zero-order chi connectivity index (χ0) is 14.2. The van der Waals surface area contributed by atoms with Gasteiger partial charge in [0.15, 0.2) is 0 Å².